The molecule has 2 atom stereocenters. The Morgan fingerprint density at radius 2 is 1.81 bits per heavy atom. The van der Waals surface area contributed by atoms with Gasteiger partial charge in [-0.05, 0) is 43.4 Å². The fraction of sp³-hybridized carbons (Fsp3) is 0.571. The van der Waals surface area contributed by atoms with E-state index in [2.05, 4.69) is 26.0 Å². The van der Waals surface area contributed by atoms with Crippen molar-refractivity contribution in [2.24, 2.45) is 0 Å². The molecule has 1 aliphatic carbocycles. The maximum absolute atomic E-state index is 9.92. The van der Waals surface area contributed by atoms with E-state index in [1.165, 1.54) is 5.56 Å². The molecule has 16 heavy (non-hydrogen) atoms. The minimum absolute atomic E-state index is 0.160. The van der Waals surface area contributed by atoms with Gasteiger partial charge in [0.05, 0.1) is 13.2 Å². The molecule has 1 fully saturated rings. The van der Waals surface area contributed by atoms with Crippen molar-refractivity contribution >= 4 is 0 Å². The van der Waals surface area contributed by atoms with E-state index in [0.29, 0.717) is 5.92 Å². The summed E-state index contributed by atoms with van der Waals surface area (Å²) in [4.78, 5) is 0. The van der Waals surface area contributed by atoms with Crippen molar-refractivity contribution in [3.63, 3.8) is 0 Å². The molecule has 0 aliphatic heterocycles. The highest BCUT2D eigenvalue weighted by Gasteiger charge is 2.27. The summed E-state index contributed by atoms with van der Waals surface area (Å²) in [5.74, 6) is 1.29. The van der Waals surface area contributed by atoms with E-state index in [9.17, 15) is 5.11 Å². The summed E-state index contributed by atoms with van der Waals surface area (Å²) < 4.78 is 5.36. The molecule has 88 valence electrons. The van der Waals surface area contributed by atoms with Gasteiger partial charge in [0, 0.05) is 5.92 Å². The van der Waals surface area contributed by atoms with Gasteiger partial charge in [-0.2, -0.15) is 0 Å². The van der Waals surface area contributed by atoms with Crippen molar-refractivity contribution in [1.82, 2.24) is 0 Å². The van der Waals surface area contributed by atoms with Crippen molar-refractivity contribution in [3.05, 3.63) is 28.8 Å². The molecule has 2 heteroatoms. The van der Waals surface area contributed by atoms with Crippen LogP contribution in [0.1, 0.15) is 41.9 Å². The summed E-state index contributed by atoms with van der Waals surface area (Å²) >= 11 is 0. The predicted octanol–water partition coefficient (Wildman–Crippen LogP) is 2.94. The number of methoxy groups -OCH3 is 1. The first-order valence-electron chi connectivity index (χ1n) is 5.96. The number of aliphatic hydroxyl groups is 1. The summed E-state index contributed by atoms with van der Waals surface area (Å²) in [5, 5.41) is 9.92. The Hall–Kier alpha value is -1.02. The molecule has 0 spiro atoms. The smallest absolute Gasteiger partial charge is 0.124 e. The molecular formula is C14H20O2. The lowest BCUT2D eigenvalue weighted by Gasteiger charge is -2.18. The Morgan fingerprint density at radius 3 is 2.25 bits per heavy atom. The number of aliphatic hydroxyl groups excluding tert-OH is 1. The average molecular weight is 220 g/mol. The van der Waals surface area contributed by atoms with Gasteiger partial charge in [-0.3, -0.25) is 0 Å². The van der Waals surface area contributed by atoms with Crippen LogP contribution in [0.2, 0.25) is 0 Å². The molecule has 2 rings (SSSR count). The van der Waals surface area contributed by atoms with Crippen molar-refractivity contribution in [2.75, 3.05) is 7.11 Å². The largest absolute Gasteiger partial charge is 0.496 e. The molecular weight excluding hydrogens is 200 g/mol. The van der Waals surface area contributed by atoms with Crippen LogP contribution in [0.15, 0.2) is 12.1 Å². The maximum atomic E-state index is 9.92. The predicted molar refractivity (Wildman–Crippen MR) is 65.1 cm³/mol. The second kappa shape index (κ2) is 4.46. The van der Waals surface area contributed by atoms with E-state index >= 15 is 0 Å². The summed E-state index contributed by atoms with van der Waals surface area (Å²) in [6, 6.07) is 4.32. The molecule has 0 amide bonds. The van der Waals surface area contributed by atoms with E-state index in [-0.39, 0.29) is 6.10 Å². The van der Waals surface area contributed by atoms with Crippen LogP contribution in [0.3, 0.4) is 0 Å². The molecule has 1 aromatic rings. The van der Waals surface area contributed by atoms with Crippen LogP contribution in [0.5, 0.6) is 5.75 Å². The Bertz CT molecular complexity index is 361. The first-order chi connectivity index (χ1) is 7.63. The summed E-state index contributed by atoms with van der Waals surface area (Å²) in [5.41, 5.74) is 3.59. The molecule has 1 aromatic carbocycles. The van der Waals surface area contributed by atoms with Gasteiger partial charge in [0.2, 0.25) is 0 Å². The number of hydrogen-bond acceptors (Lipinski definition) is 2. The zero-order valence-corrected chi connectivity index (χ0v) is 10.3. The number of hydrogen-bond donors (Lipinski definition) is 1. The third kappa shape index (κ3) is 1.94. The lowest BCUT2D eigenvalue weighted by Crippen LogP contribution is -2.11. The fourth-order valence-electron chi connectivity index (χ4n) is 2.85. The third-order valence-corrected chi connectivity index (χ3v) is 3.59. The molecule has 2 nitrogen and oxygen atoms in total. The number of rotatable bonds is 2. The van der Waals surface area contributed by atoms with Gasteiger partial charge in [-0.15, -0.1) is 0 Å². The molecule has 0 heterocycles. The first kappa shape index (κ1) is 11.5. The van der Waals surface area contributed by atoms with Crippen LogP contribution >= 0.6 is 0 Å². The zero-order chi connectivity index (χ0) is 11.7. The highest BCUT2D eigenvalue weighted by atomic mass is 16.5. The SMILES string of the molecule is COc1c(C)cc(C2CCCC2O)cc1C. The van der Waals surface area contributed by atoms with Gasteiger partial charge in [0.1, 0.15) is 5.75 Å². The summed E-state index contributed by atoms with van der Waals surface area (Å²) in [7, 11) is 1.71. The standard InChI is InChI=1S/C14H20O2/c1-9-7-11(8-10(2)14(9)16-3)12-5-4-6-13(12)15/h7-8,12-13,15H,4-6H2,1-3H3. The quantitative estimate of drug-likeness (QED) is 0.830. The minimum Gasteiger partial charge on any atom is -0.496 e. The Balaban J connectivity index is 2.36. The van der Waals surface area contributed by atoms with E-state index in [1.54, 1.807) is 7.11 Å². The zero-order valence-electron chi connectivity index (χ0n) is 10.3. The van der Waals surface area contributed by atoms with E-state index in [1.807, 2.05) is 0 Å². The summed E-state index contributed by atoms with van der Waals surface area (Å²) in [6.45, 7) is 4.13. The monoisotopic (exact) mass is 220 g/mol. The van der Waals surface area contributed by atoms with Gasteiger partial charge >= 0.3 is 0 Å². The van der Waals surface area contributed by atoms with Gasteiger partial charge in [0.15, 0.2) is 0 Å². The Labute approximate surface area is 97.3 Å². The van der Waals surface area contributed by atoms with Crippen molar-refractivity contribution < 1.29 is 9.84 Å². The molecule has 0 bridgehead atoms. The molecule has 1 aliphatic rings. The topological polar surface area (TPSA) is 29.5 Å². The van der Waals surface area contributed by atoms with Crippen LogP contribution < -0.4 is 4.74 Å². The average Bonchev–Trinajstić information content (AvgIpc) is 2.64. The van der Waals surface area contributed by atoms with E-state index < -0.39 is 0 Å². The van der Waals surface area contributed by atoms with Crippen LogP contribution in [0, 0.1) is 13.8 Å². The van der Waals surface area contributed by atoms with Crippen LogP contribution in [-0.4, -0.2) is 18.3 Å². The highest BCUT2D eigenvalue weighted by molar-refractivity contribution is 5.44. The fourth-order valence-corrected chi connectivity index (χ4v) is 2.85. The third-order valence-electron chi connectivity index (χ3n) is 3.59. The van der Waals surface area contributed by atoms with Crippen LogP contribution in [-0.2, 0) is 0 Å². The Kier molecular flexibility index (Phi) is 3.20. The molecule has 1 N–H and O–H groups in total. The summed E-state index contributed by atoms with van der Waals surface area (Å²) in [6.07, 6.45) is 3.02. The van der Waals surface area contributed by atoms with Gasteiger partial charge in [0.25, 0.3) is 0 Å². The normalized spacial score (nSPS) is 24.8. The number of benzene rings is 1. The van der Waals surface area contributed by atoms with Crippen molar-refractivity contribution in [1.29, 1.82) is 0 Å². The van der Waals surface area contributed by atoms with Gasteiger partial charge < -0.3 is 9.84 Å². The molecule has 0 aromatic heterocycles. The van der Waals surface area contributed by atoms with Crippen molar-refractivity contribution in [2.45, 2.75) is 45.1 Å². The van der Waals surface area contributed by atoms with Crippen LogP contribution in [0.4, 0.5) is 0 Å². The Morgan fingerprint density at radius 1 is 1.19 bits per heavy atom. The van der Waals surface area contributed by atoms with E-state index in [4.69, 9.17) is 4.74 Å². The van der Waals surface area contributed by atoms with Crippen molar-refractivity contribution in [3.8, 4) is 5.75 Å². The molecule has 0 radical (unpaired) electrons. The van der Waals surface area contributed by atoms with Gasteiger partial charge in [-0.25, -0.2) is 0 Å². The lowest BCUT2D eigenvalue weighted by atomic mass is 9.92. The number of aryl methyl sites for hydroxylation is 2. The molecule has 0 saturated heterocycles. The second-order valence-corrected chi connectivity index (χ2v) is 4.79. The molecule has 2 unspecified atom stereocenters. The highest BCUT2D eigenvalue weighted by Crippen LogP contribution is 2.37. The lowest BCUT2D eigenvalue weighted by molar-refractivity contribution is 0.164. The number of ether oxygens (including phenoxy) is 1. The first-order valence-corrected chi connectivity index (χ1v) is 5.96. The molecule has 1 saturated carbocycles. The van der Waals surface area contributed by atoms with Gasteiger partial charge in [-0.1, -0.05) is 18.6 Å². The van der Waals surface area contributed by atoms with E-state index in [0.717, 1.165) is 36.1 Å². The minimum atomic E-state index is -0.160. The maximum Gasteiger partial charge on any atom is 0.124 e. The van der Waals surface area contributed by atoms with Crippen LogP contribution in [0.25, 0.3) is 0 Å². The second-order valence-electron chi connectivity index (χ2n) is 4.79.